The van der Waals surface area contributed by atoms with Crippen molar-refractivity contribution in [3.05, 3.63) is 47.4 Å². The van der Waals surface area contributed by atoms with Gasteiger partial charge in [0.2, 0.25) is 5.91 Å². The van der Waals surface area contributed by atoms with Gasteiger partial charge in [-0.25, -0.2) is 19.1 Å². The van der Waals surface area contributed by atoms with Gasteiger partial charge in [-0.1, -0.05) is 12.1 Å². The van der Waals surface area contributed by atoms with Crippen molar-refractivity contribution in [2.45, 2.75) is 26.4 Å². The molecule has 1 aliphatic rings. The van der Waals surface area contributed by atoms with E-state index in [9.17, 15) is 19.2 Å². The first-order valence-corrected chi connectivity index (χ1v) is 9.63. The van der Waals surface area contributed by atoms with Crippen LogP contribution in [0.25, 0.3) is 0 Å². The summed E-state index contributed by atoms with van der Waals surface area (Å²) in [7, 11) is 0. The van der Waals surface area contributed by atoms with Crippen molar-refractivity contribution in [1.82, 2.24) is 30.8 Å². The summed E-state index contributed by atoms with van der Waals surface area (Å²) in [5.41, 5.74) is 0.581. The van der Waals surface area contributed by atoms with Gasteiger partial charge in [0, 0.05) is 0 Å². The maximum absolute atomic E-state index is 12.7. The van der Waals surface area contributed by atoms with Crippen LogP contribution in [0.5, 0.6) is 0 Å². The molecule has 1 unspecified atom stereocenters. The molecule has 13 nitrogen and oxygen atoms in total. The van der Waals surface area contributed by atoms with Crippen molar-refractivity contribution >= 4 is 29.6 Å². The van der Waals surface area contributed by atoms with E-state index in [1.54, 1.807) is 26.0 Å². The van der Waals surface area contributed by atoms with E-state index in [-0.39, 0.29) is 42.3 Å². The third kappa shape index (κ3) is 5.44. The summed E-state index contributed by atoms with van der Waals surface area (Å²) in [6, 6.07) is 5.08. The fourth-order valence-electron chi connectivity index (χ4n) is 2.97. The summed E-state index contributed by atoms with van der Waals surface area (Å²) in [6.07, 6.45) is 1.28. The molecule has 0 saturated carbocycles. The highest BCUT2D eigenvalue weighted by atomic mass is 16.5. The zero-order valence-corrected chi connectivity index (χ0v) is 17.3. The average molecular weight is 443 g/mol. The Labute approximate surface area is 182 Å². The van der Waals surface area contributed by atoms with E-state index in [0.717, 1.165) is 0 Å². The third-order valence-electron chi connectivity index (χ3n) is 4.33. The second kappa shape index (κ2) is 10.1. The lowest BCUT2D eigenvalue weighted by atomic mass is 10.0. The van der Waals surface area contributed by atoms with Crippen molar-refractivity contribution in [3.63, 3.8) is 0 Å². The Bertz CT molecular complexity index is 1050. The van der Waals surface area contributed by atoms with Crippen LogP contribution in [0.3, 0.4) is 0 Å². The standard InChI is InChI=1S/C19H21N7O6/c1-3-31-18(29)16-11(2)21-19(30)23-14(16)9-32-17(28)12-6-4-5-7-13(12)22-15(27)8-26-10-20-24-25-26/h4-7,10-11H,3,8-9H2,1-2H3,(H,22,27)(H2,21,23,30). The fourth-order valence-corrected chi connectivity index (χ4v) is 2.97. The summed E-state index contributed by atoms with van der Waals surface area (Å²) in [6.45, 7) is 2.89. The van der Waals surface area contributed by atoms with Gasteiger partial charge in [-0.3, -0.25) is 4.79 Å². The molecule has 1 aliphatic heterocycles. The lowest BCUT2D eigenvalue weighted by molar-refractivity contribution is -0.139. The number of esters is 2. The number of anilines is 1. The Hall–Kier alpha value is -4.29. The molecule has 1 aromatic carbocycles. The van der Waals surface area contributed by atoms with Gasteiger partial charge in [-0.2, -0.15) is 0 Å². The molecule has 168 valence electrons. The van der Waals surface area contributed by atoms with E-state index in [0.29, 0.717) is 0 Å². The van der Waals surface area contributed by atoms with Crippen molar-refractivity contribution in [2.75, 3.05) is 18.5 Å². The second-order valence-electron chi connectivity index (χ2n) is 6.61. The minimum absolute atomic E-state index is 0.0872. The molecule has 3 rings (SSSR count). The van der Waals surface area contributed by atoms with E-state index < -0.39 is 29.9 Å². The van der Waals surface area contributed by atoms with E-state index in [2.05, 4.69) is 31.5 Å². The number of tetrazole rings is 1. The first kappa shape index (κ1) is 22.4. The summed E-state index contributed by atoms with van der Waals surface area (Å²) in [5, 5.41) is 18.1. The van der Waals surface area contributed by atoms with Gasteiger partial charge in [-0.15, -0.1) is 5.10 Å². The Morgan fingerprint density at radius 1 is 1.19 bits per heavy atom. The van der Waals surface area contributed by atoms with Crippen LogP contribution < -0.4 is 16.0 Å². The largest absolute Gasteiger partial charge is 0.463 e. The summed E-state index contributed by atoms with van der Waals surface area (Å²) >= 11 is 0. The zero-order chi connectivity index (χ0) is 23.1. The van der Waals surface area contributed by atoms with Crippen LogP contribution in [0.2, 0.25) is 0 Å². The normalized spacial score (nSPS) is 15.4. The number of nitrogens with zero attached hydrogens (tertiary/aromatic N) is 4. The quantitative estimate of drug-likeness (QED) is 0.475. The summed E-state index contributed by atoms with van der Waals surface area (Å²) < 4.78 is 11.6. The predicted octanol–water partition coefficient (Wildman–Crippen LogP) is -0.0129. The highest BCUT2D eigenvalue weighted by Gasteiger charge is 2.30. The number of rotatable bonds is 8. The number of urea groups is 1. The van der Waals surface area contributed by atoms with Gasteiger partial charge in [0.25, 0.3) is 0 Å². The number of benzene rings is 1. The lowest BCUT2D eigenvalue weighted by Crippen LogP contribution is -2.50. The molecule has 3 N–H and O–H groups in total. The van der Waals surface area contributed by atoms with Crippen LogP contribution in [0, 0.1) is 0 Å². The molecule has 32 heavy (non-hydrogen) atoms. The monoisotopic (exact) mass is 443 g/mol. The number of ether oxygens (including phenoxy) is 2. The highest BCUT2D eigenvalue weighted by Crippen LogP contribution is 2.19. The van der Waals surface area contributed by atoms with Gasteiger partial charge < -0.3 is 25.4 Å². The Balaban J connectivity index is 1.72. The molecule has 0 fully saturated rings. The molecular formula is C19H21N7O6. The summed E-state index contributed by atoms with van der Waals surface area (Å²) in [5.74, 6) is -1.85. The van der Waals surface area contributed by atoms with Crippen LogP contribution in [-0.2, 0) is 25.6 Å². The second-order valence-corrected chi connectivity index (χ2v) is 6.61. The lowest BCUT2D eigenvalue weighted by Gasteiger charge is -2.26. The molecule has 0 radical (unpaired) electrons. The van der Waals surface area contributed by atoms with Crippen LogP contribution >= 0.6 is 0 Å². The van der Waals surface area contributed by atoms with Gasteiger partial charge in [-0.05, 0) is 36.4 Å². The van der Waals surface area contributed by atoms with Crippen molar-refractivity contribution < 1.29 is 28.7 Å². The number of carbonyl (C=O) groups is 4. The molecule has 0 bridgehead atoms. The minimum Gasteiger partial charge on any atom is -0.463 e. The van der Waals surface area contributed by atoms with E-state index in [1.807, 2.05) is 0 Å². The average Bonchev–Trinajstić information content (AvgIpc) is 3.25. The zero-order valence-electron chi connectivity index (χ0n) is 17.3. The van der Waals surface area contributed by atoms with Gasteiger partial charge in [0.15, 0.2) is 0 Å². The number of nitrogens with one attached hydrogen (secondary N) is 3. The molecule has 2 aromatic rings. The van der Waals surface area contributed by atoms with Crippen LogP contribution in [-0.4, -0.2) is 63.3 Å². The van der Waals surface area contributed by atoms with Crippen LogP contribution in [0.4, 0.5) is 10.5 Å². The highest BCUT2D eigenvalue weighted by molar-refractivity contribution is 6.01. The van der Waals surface area contributed by atoms with Crippen molar-refractivity contribution in [1.29, 1.82) is 0 Å². The van der Waals surface area contributed by atoms with E-state index in [4.69, 9.17) is 9.47 Å². The first-order valence-electron chi connectivity index (χ1n) is 9.63. The Kier molecular flexibility index (Phi) is 7.10. The van der Waals surface area contributed by atoms with Crippen molar-refractivity contribution in [2.24, 2.45) is 0 Å². The molecule has 0 saturated heterocycles. The SMILES string of the molecule is CCOC(=O)C1=C(COC(=O)c2ccccc2NC(=O)Cn2cnnn2)NC(=O)NC1C. The fraction of sp³-hybridized carbons (Fsp3) is 0.316. The minimum atomic E-state index is -0.764. The topological polar surface area (TPSA) is 166 Å². The Morgan fingerprint density at radius 2 is 1.97 bits per heavy atom. The molecule has 13 heteroatoms. The Morgan fingerprint density at radius 3 is 2.69 bits per heavy atom. The third-order valence-corrected chi connectivity index (χ3v) is 4.33. The number of hydrogen-bond acceptors (Lipinski definition) is 9. The smallest absolute Gasteiger partial charge is 0.340 e. The van der Waals surface area contributed by atoms with Gasteiger partial charge >= 0.3 is 18.0 Å². The first-order chi connectivity index (χ1) is 15.4. The van der Waals surface area contributed by atoms with Crippen molar-refractivity contribution in [3.8, 4) is 0 Å². The maximum atomic E-state index is 12.7. The molecule has 0 aliphatic carbocycles. The van der Waals surface area contributed by atoms with E-state index >= 15 is 0 Å². The molecular weight excluding hydrogens is 422 g/mol. The summed E-state index contributed by atoms with van der Waals surface area (Å²) in [4.78, 5) is 49.0. The molecule has 3 amide bonds. The predicted molar refractivity (Wildman–Crippen MR) is 108 cm³/mol. The maximum Gasteiger partial charge on any atom is 0.340 e. The number of para-hydroxylation sites is 1. The molecule has 0 spiro atoms. The van der Waals surface area contributed by atoms with Gasteiger partial charge in [0.05, 0.1) is 35.2 Å². The van der Waals surface area contributed by atoms with Crippen LogP contribution in [0.1, 0.15) is 24.2 Å². The number of amides is 3. The van der Waals surface area contributed by atoms with Crippen LogP contribution in [0.15, 0.2) is 41.9 Å². The van der Waals surface area contributed by atoms with E-state index in [1.165, 1.54) is 23.1 Å². The number of carbonyl (C=O) groups excluding carboxylic acids is 4. The molecule has 1 aromatic heterocycles. The number of hydrogen-bond donors (Lipinski definition) is 3. The molecule has 2 heterocycles. The molecule has 1 atom stereocenters. The number of aromatic nitrogens is 4. The van der Waals surface area contributed by atoms with Gasteiger partial charge in [0.1, 0.15) is 19.5 Å².